The summed E-state index contributed by atoms with van der Waals surface area (Å²) in [6, 6.07) is 34.9. The lowest BCUT2D eigenvalue weighted by Crippen LogP contribution is -2.29. The summed E-state index contributed by atoms with van der Waals surface area (Å²) in [6.45, 7) is 2.06. The Labute approximate surface area is 262 Å². The van der Waals surface area contributed by atoms with Crippen LogP contribution in [-0.2, 0) is 19.6 Å². The molecule has 0 saturated carbocycles. The number of urea groups is 1. The molecule has 6 aromatic rings. The van der Waals surface area contributed by atoms with Crippen molar-refractivity contribution in [3.05, 3.63) is 121 Å². The largest absolute Gasteiger partial charge is 0.492 e. The van der Waals surface area contributed by atoms with Crippen LogP contribution in [0.15, 0.2) is 109 Å². The number of hydrogen-bond donors (Lipinski definition) is 3. The van der Waals surface area contributed by atoms with E-state index in [1.54, 1.807) is 0 Å². The van der Waals surface area contributed by atoms with Crippen molar-refractivity contribution in [3.63, 3.8) is 0 Å². The summed E-state index contributed by atoms with van der Waals surface area (Å²) < 4.78 is 14.3. The molecule has 0 unspecified atom stereocenters. The number of ether oxygens (including phenoxy) is 2. The van der Waals surface area contributed by atoms with Gasteiger partial charge in [-0.25, -0.2) is 14.8 Å². The molecule has 0 aliphatic rings. The average Bonchev–Trinajstić information content (AvgIpc) is 3.44. The van der Waals surface area contributed by atoms with Crippen LogP contribution in [0.4, 0.5) is 16.3 Å². The number of para-hydroxylation sites is 2. The van der Waals surface area contributed by atoms with Gasteiger partial charge >= 0.3 is 6.03 Å². The lowest BCUT2D eigenvalue weighted by molar-refractivity contribution is 0.252. The van der Waals surface area contributed by atoms with E-state index in [1.165, 1.54) is 0 Å². The lowest BCUT2D eigenvalue weighted by atomic mass is 10.1. The monoisotopic (exact) mass is 600 g/mol. The first kappa shape index (κ1) is 29.5. The van der Waals surface area contributed by atoms with Crippen LogP contribution in [0, 0.1) is 0 Å². The summed E-state index contributed by atoms with van der Waals surface area (Å²) >= 11 is 0. The molecule has 0 aliphatic carbocycles. The van der Waals surface area contributed by atoms with Crippen LogP contribution in [0.5, 0.6) is 11.5 Å². The van der Waals surface area contributed by atoms with Crippen molar-refractivity contribution in [2.24, 2.45) is 0 Å². The van der Waals surface area contributed by atoms with E-state index in [0.29, 0.717) is 44.1 Å². The molecule has 2 amide bonds. The number of fused-ring (bicyclic) bond motifs is 3. The number of nitrogens with two attached hydrogens (primary N) is 1. The molecule has 9 heteroatoms. The Morgan fingerprint density at radius 2 is 1.53 bits per heavy atom. The van der Waals surface area contributed by atoms with E-state index in [4.69, 9.17) is 25.2 Å². The second-order valence-electron chi connectivity index (χ2n) is 10.7. The Balaban J connectivity index is 1.19. The van der Waals surface area contributed by atoms with Gasteiger partial charge in [-0.3, -0.25) is 0 Å². The van der Waals surface area contributed by atoms with E-state index in [2.05, 4.69) is 15.2 Å². The minimum atomic E-state index is -0.219. The van der Waals surface area contributed by atoms with Crippen molar-refractivity contribution in [1.82, 2.24) is 19.9 Å². The third-order valence-corrected chi connectivity index (χ3v) is 7.47. The van der Waals surface area contributed by atoms with Crippen molar-refractivity contribution in [1.29, 1.82) is 0 Å². The fraction of sp³-hybridized carbons (Fsp3) is 0.194. The van der Waals surface area contributed by atoms with Crippen LogP contribution < -0.4 is 25.8 Å². The van der Waals surface area contributed by atoms with Gasteiger partial charge in [-0.2, -0.15) is 0 Å². The number of anilines is 2. The fourth-order valence-electron chi connectivity index (χ4n) is 5.28. The molecule has 228 valence electrons. The normalized spacial score (nSPS) is 11.0. The molecule has 45 heavy (non-hydrogen) atoms. The summed E-state index contributed by atoms with van der Waals surface area (Å²) in [5.41, 5.74) is 10.7. The minimum absolute atomic E-state index is 0.219. The predicted molar refractivity (Wildman–Crippen MR) is 179 cm³/mol. The standard InChI is InChI=1S/C36H36N6O3/c37-35-33-34(30-20-19-29(24-31(30)40-35)45-25-26-12-4-1-5-13-26)42(22-23-44-28-16-8-3-9-17-28)32(41-33)18-10-11-21-38-36(43)39-27-14-6-2-7-15-27/h1-9,12-17,19-20,24H,10-11,18,21-23,25H2,(H2,37,40)(H2,38,39,43). The van der Waals surface area contributed by atoms with Crippen LogP contribution >= 0.6 is 0 Å². The van der Waals surface area contributed by atoms with E-state index >= 15 is 0 Å². The Hall–Kier alpha value is -5.57. The number of pyridine rings is 1. The van der Waals surface area contributed by atoms with Crippen LogP contribution in [-0.4, -0.2) is 33.7 Å². The number of nitrogen functional groups attached to an aromatic ring is 1. The number of carbonyl (C=O) groups is 1. The Morgan fingerprint density at radius 1 is 0.800 bits per heavy atom. The number of hydrogen-bond acceptors (Lipinski definition) is 6. The highest BCUT2D eigenvalue weighted by molar-refractivity contribution is 6.07. The summed E-state index contributed by atoms with van der Waals surface area (Å²) in [6.07, 6.45) is 2.33. The van der Waals surface area contributed by atoms with Gasteiger partial charge in [0.2, 0.25) is 0 Å². The molecule has 0 aliphatic heterocycles. The average molecular weight is 601 g/mol. The zero-order valence-electron chi connectivity index (χ0n) is 25.0. The quantitative estimate of drug-likeness (QED) is 0.123. The highest BCUT2D eigenvalue weighted by Crippen LogP contribution is 2.32. The maximum atomic E-state index is 12.3. The summed E-state index contributed by atoms with van der Waals surface area (Å²) in [4.78, 5) is 21.9. The second kappa shape index (κ2) is 14.3. The zero-order valence-corrected chi connectivity index (χ0v) is 25.0. The Morgan fingerprint density at radius 3 is 2.31 bits per heavy atom. The van der Waals surface area contributed by atoms with Crippen molar-refractivity contribution < 1.29 is 14.3 Å². The van der Waals surface area contributed by atoms with Crippen LogP contribution in [0.1, 0.15) is 24.2 Å². The second-order valence-corrected chi connectivity index (χ2v) is 10.7. The van der Waals surface area contributed by atoms with Crippen molar-refractivity contribution >= 4 is 39.5 Å². The van der Waals surface area contributed by atoms with Gasteiger partial charge in [0.05, 0.1) is 17.6 Å². The third kappa shape index (κ3) is 7.51. The summed E-state index contributed by atoms with van der Waals surface area (Å²) in [5, 5.41) is 6.73. The maximum absolute atomic E-state index is 12.3. The number of unbranched alkanes of at least 4 members (excludes halogenated alkanes) is 1. The molecule has 0 atom stereocenters. The van der Waals surface area contributed by atoms with Gasteiger partial charge in [-0.1, -0.05) is 66.7 Å². The molecule has 0 radical (unpaired) electrons. The number of benzene rings is 4. The zero-order chi connectivity index (χ0) is 30.8. The van der Waals surface area contributed by atoms with E-state index in [9.17, 15) is 4.79 Å². The molecule has 0 saturated heterocycles. The topological polar surface area (TPSA) is 116 Å². The van der Waals surface area contributed by atoms with Gasteiger partial charge in [0, 0.05) is 30.1 Å². The number of carbonyl (C=O) groups excluding carboxylic acids is 1. The molecule has 4 N–H and O–H groups in total. The van der Waals surface area contributed by atoms with E-state index in [1.807, 2.05) is 109 Å². The lowest BCUT2D eigenvalue weighted by Gasteiger charge is -2.13. The van der Waals surface area contributed by atoms with E-state index in [-0.39, 0.29) is 6.03 Å². The van der Waals surface area contributed by atoms with Crippen molar-refractivity contribution in [3.8, 4) is 11.5 Å². The first-order chi connectivity index (χ1) is 22.1. The molecule has 6 rings (SSSR count). The minimum Gasteiger partial charge on any atom is -0.492 e. The van der Waals surface area contributed by atoms with E-state index < -0.39 is 0 Å². The summed E-state index contributed by atoms with van der Waals surface area (Å²) in [5.74, 6) is 2.82. The number of imidazole rings is 1. The highest BCUT2D eigenvalue weighted by atomic mass is 16.5. The van der Waals surface area contributed by atoms with E-state index in [0.717, 1.165) is 57.8 Å². The molecule has 4 aromatic carbocycles. The molecule has 2 aromatic heterocycles. The maximum Gasteiger partial charge on any atom is 0.319 e. The SMILES string of the molecule is Nc1nc2cc(OCc3ccccc3)ccc2c2c1nc(CCCCNC(=O)Nc1ccccc1)n2CCOc1ccccc1. The van der Waals surface area contributed by atoms with Gasteiger partial charge in [-0.15, -0.1) is 0 Å². The fourth-order valence-corrected chi connectivity index (χ4v) is 5.28. The number of aromatic nitrogens is 3. The molecule has 0 bridgehead atoms. The Bertz CT molecular complexity index is 1860. The molecule has 0 fully saturated rings. The van der Waals surface area contributed by atoms with Gasteiger partial charge < -0.3 is 30.4 Å². The Kier molecular flexibility index (Phi) is 9.35. The molecule has 9 nitrogen and oxygen atoms in total. The number of rotatable bonds is 13. The molecule has 0 spiro atoms. The number of amides is 2. The van der Waals surface area contributed by atoms with Gasteiger partial charge in [-0.05, 0) is 54.8 Å². The number of aryl methyl sites for hydroxylation is 1. The third-order valence-electron chi connectivity index (χ3n) is 7.47. The molecule has 2 heterocycles. The first-order valence-corrected chi connectivity index (χ1v) is 15.2. The smallest absolute Gasteiger partial charge is 0.319 e. The summed E-state index contributed by atoms with van der Waals surface area (Å²) in [7, 11) is 0. The van der Waals surface area contributed by atoms with Crippen LogP contribution in [0.2, 0.25) is 0 Å². The van der Waals surface area contributed by atoms with Crippen LogP contribution in [0.25, 0.3) is 21.9 Å². The predicted octanol–water partition coefficient (Wildman–Crippen LogP) is 6.97. The van der Waals surface area contributed by atoms with Crippen LogP contribution in [0.3, 0.4) is 0 Å². The number of nitrogens with one attached hydrogen (secondary N) is 2. The molecular formula is C36H36N6O3. The van der Waals surface area contributed by atoms with Crippen molar-refractivity contribution in [2.45, 2.75) is 32.4 Å². The van der Waals surface area contributed by atoms with Crippen molar-refractivity contribution in [2.75, 3.05) is 24.2 Å². The van der Waals surface area contributed by atoms with Gasteiger partial charge in [0.1, 0.15) is 36.1 Å². The first-order valence-electron chi connectivity index (χ1n) is 15.2. The highest BCUT2D eigenvalue weighted by Gasteiger charge is 2.18. The molecular weight excluding hydrogens is 564 g/mol. The number of nitrogens with zero attached hydrogens (tertiary/aromatic N) is 3. The van der Waals surface area contributed by atoms with Gasteiger partial charge in [0.25, 0.3) is 0 Å². The van der Waals surface area contributed by atoms with Gasteiger partial charge in [0.15, 0.2) is 5.82 Å².